The molecular weight excluding hydrogens is 284 g/mol. The average molecular weight is 305 g/mol. The van der Waals surface area contributed by atoms with Gasteiger partial charge in [-0.15, -0.1) is 0 Å². The summed E-state index contributed by atoms with van der Waals surface area (Å²) in [5.41, 5.74) is 0.870. The average Bonchev–Trinajstić information content (AvgIpc) is 2.35. The highest BCUT2D eigenvalue weighted by Crippen LogP contribution is 2.12. The van der Waals surface area contributed by atoms with Crippen molar-refractivity contribution in [3.8, 4) is 0 Å². The van der Waals surface area contributed by atoms with Gasteiger partial charge in [0, 0.05) is 10.7 Å². The lowest BCUT2D eigenvalue weighted by Crippen LogP contribution is -3.11. The van der Waals surface area contributed by atoms with E-state index in [4.69, 9.17) is 11.6 Å². The summed E-state index contributed by atoms with van der Waals surface area (Å²) in [6.07, 6.45) is 0. The Kier molecular flexibility index (Phi) is 10.3. The normalized spacial score (nSPS) is 9.61. The molecule has 0 bridgehead atoms. The van der Waals surface area contributed by atoms with Crippen molar-refractivity contribution in [1.29, 1.82) is 0 Å². The van der Waals surface area contributed by atoms with Crippen LogP contribution >= 0.6 is 23.8 Å². The third kappa shape index (κ3) is 8.64. The van der Waals surface area contributed by atoms with Crippen LogP contribution in [0, 0.1) is 0 Å². The lowest BCUT2D eigenvalue weighted by molar-refractivity contribution is -0.894. The molecule has 0 heterocycles. The van der Waals surface area contributed by atoms with E-state index in [2.05, 4.69) is 50.9 Å². The van der Waals surface area contributed by atoms with Gasteiger partial charge in [-0.3, -0.25) is 0 Å². The third-order valence-electron chi connectivity index (χ3n) is 2.59. The summed E-state index contributed by atoms with van der Waals surface area (Å²) in [7, 11) is 0. The van der Waals surface area contributed by atoms with Gasteiger partial charge in [-0.1, -0.05) is 15.9 Å². The molecule has 102 valence electrons. The van der Waals surface area contributed by atoms with Crippen molar-refractivity contribution in [2.24, 2.45) is 0 Å². The topological polar surface area (TPSA) is 16.5 Å². The number of nitrogens with one attached hydrogen (secondary N) is 2. The van der Waals surface area contributed by atoms with E-state index in [-0.39, 0.29) is 0 Å². The maximum absolute atomic E-state index is 5.66. The Morgan fingerprint density at radius 2 is 1.61 bits per heavy atom. The summed E-state index contributed by atoms with van der Waals surface area (Å²) in [4.78, 5) is 1.68. The SMILES string of the molecule is CC[NH+](CC)CC.S=C([S-])Nc1ccc(Cl)cc1. The number of anilines is 1. The van der Waals surface area contributed by atoms with E-state index in [1.54, 1.807) is 17.0 Å². The summed E-state index contributed by atoms with van der Waals surface area (Å²) < 4.78 is 0.340. The molecule has 0 amide bonds. The molecule has 0 saturated carbocycles. The predicted molar refractivity (Wildman–Crippen MR) is 87.6 cm³/mol. The van der Waals surface area contributed by atoms with Gasteiger partial charge in [-0.2, -0.15) is 0 Å². The van der Waals surface area contributed by atoms with Gasteiger partial charge in [0.1, 0.15) is 0 Å². The fourth-order valence-electron chi connectivity index (χ4n) is 1.40. The fourth-order valence-corrected chi connectivity index (χ4v) is 1.76. The number of thiocarbonyl (C=S) groups is 1. The van der Waals surface area contributed by atoms with Gasteiger partial charge in [0.05, 0.1) is 19.6 Å². The Balaban J connectivity index is 0.000000360. The van der Waals surface area contributed by atoms with Gasteiger partial charge in [0.15, 0.2) is 0 Å². The van der Waals surface area contributed by atoms with Crippen LogP contribution in [0.5, 0.6) is 0 Å². The van der Waals surface area contributed by atoms with Crippen LogP contribution < -0.4 is 10.2 Å². The molecule has 0 aromatic heterocycles. The van der Waals surface area contributed by atoms with E-state index in [9.17, 15) is 0 Å². The second-order valence-electron chi connectivity index (χ2n) is 3.73. The van der Waals surface area contributed by atoms with Crippen molar-refractivity contribution in [3.05, 3.63) is 29.3 Å². The Hall–Kier alpha value is -0.420. The molecular formula is C13H21ClN2S2. The standard InChI is InChI=1S/C7H6ClNS2.C6H15N/c8-5-1-3-6(4-2-5)9-7(10)11;1-4-7(5-2)6-3/h1-4H,(H2,9,10,11);4-6H2,1-3H3. The maximum Gasteiger partial charge on any atom is 0.0742 e. The van der Waals surface area contributed by atoms with E-state index < -0.39 is 0 Å². The van der Waals surface area contributed by atoms with E-state index in [0.717, 1.165) is 5.69 Å². The number of hydrogen-bond acceptors (Lipinski definition) is 2. The molecule has 0 unspecified atom stereocenters. The molecule has 0 aliphatic carbocycles. The van der Waals surface area contributed by atoms with E-state index in [1.807, 2.05) is 12.1 Å². The highest BCUT2D eigenvalue weighted by molar-refractivity contribution is 8.00. The van der Waals surface area contributed by atoms with Gasteiger partial charge in [0.2, 0.25) is 0 Å². The van der Waals surface area contributed by atoms with Crippen LogP contribution in [0.4, 0.5) is 5.69 Å². The minimum absolute atomic E-state index is 0.340. The first-order valence-corrected chi connectivity index (χ1v) is 7.30. The molecule has 0 atom stereocenters. The van der Waals surface area contributed by atoms with Crippen LogP contribution in [0.2, 0.25) is 5.02 Å². The Morgan fingerprint density at radius 1 is 1.17 bits per heavy atom. The second-order valence-corrected chi connectivity index (χ2v) is 5.24. The number of benzene rings is 1. The molecule has 2 N–H and O–H groups in total. The van der Waals surface area contributed by atoms with Gasteiger partial charge in [0.25, 0.3) is 0 Å². The zero-order valence-corrected chi connectivity index (χ0v) is 13.5. The summed E-state index contributed by atoms with van der Waals surface area (Å²) in [5.74, 6) is 0. The lowest BCUT2D eigenvalue weighted by atomic mass is 10.3. The molecule has 0 aliphatic heterocycles. The zero-order chi connectivity index (χ0) is 14.0. The van der Waals surface area contributed by atoms with E-state index >= 15 is 0 Å². The zero-order valence-electron chi connectivity index (χ0n) is 11.1. The summed E-state index contributed by atoms with van der Waals surface area (Å²) in [5, 5.41) is 3.52. The van der Waals surface area contributed by atoms with Crippen LogP contribution in [0.15, 0.2) is 24.3 Å². The second kappa shape index (κ2) is 10.5. The van der Waals surface area contributed by atoms with E-state index in [0.29, 0.717) is 9.34 Å². The van der Waals surface area contributed by atoms with Crippen molar-refractivity contribution in [3.63, 3.8) is 0 Å². The number of halogens is 1. The molecule has 0 aliphatic rings. The predicted octanol–water partition coefficient (Wildman–Crippen LogP) is 2.51. The highest BCUT2D eigenvalue weighted by Gasteiger charge is 1.92. The molecule has 1 aromatic carbocycles. The quantitative estimate of drug-likeness (QED) is 0.657. The molecule has 18 heavy (non-hydrogen) atoms. The largest absolute Gasteiger partial charge is 0.411 e. The van der Waals surface area contributed by atoms with Gasteiger partial charge < -0.3 is 35.1 Å². The maximum atomic E-state index is 5.66. The van der Waals surface area contributed by atoms with Crippen LogP contribution in [0.3, 0.4) is 0 Å². The number of quaternary nitrogens is 1. The molecule has 0 fully saturated rings. The van der Waals surface area contributed by atoms with Crippen molar-refractivity contribution in [1.82, 2.24) is 0 Å². The minimum Gasteiger partial charge on any atom is -0.411 e. The van der Waals surface area contributed by atoms with Crippen molar-refractivity contribution in [2.45, 2.75) is 20.8 Å². The fraction of sp³-hybridized carbons (Fsp3) is 0.462. The monoisotopic (exact) mass is 304 g/mol. The molecule has 2 nitrogen and oxygen atoms in total. The molecule has 0 saturated heterocycles. The van der Waals surface area contributed by atoms with Crippen LogP contribution in [-0.2, 0) is 12.6 Å². The number of hydrogen-bond donors (Lipinski definition) is 2. The third-order valence-corrected chi connectivity index (χ3v) is 3.05. The van der Waals surface area contributed by atoms with Crippen molar-refractivity contribution < 1.29 is 4.90 Å². The first-order valence-electron chi connectivity index (χ1n) is 6.10. The van der Waals surface area contributed by atoms with Crippen molar-refractivity contribution >= 4 is 46.5 Å². The van der Waals surface area contributed by atoms with Gasteiger partial charge >= 0.3 is 0 Å². The Bertz CT molecular complexity index is 332. The lowest BCUT2D eigenvalue weighted by Gasteiger charge is -2.10. The smallest absolute Gasteiger partial charge is 0.0742 e. The molecule has 0 spiro atoms. The Labute approximate surface area is 126 Å². The van der Waals surface area contributed by atoms with Crippen LogP contribution in [-0.4, -0.2) is 24.0 Å². The molecule has 5 heteroatoms. The minimum atomic E-state index is 0.340. The van der Waals surface area contributed by atoms with Gasteiger partial charge in [-0.05, 0) is 45.0 Å². The number of rotatable bonds is 4. The first kappa shape index (κ1) is 17.6. The van der Waals surface area contributed by atoms with E-state index in [1.165, 1.54) is 19.6 Å². The van der Waals surface area contributed by atoms with Gasteiger partial charge in [-0.25, -0.2) is 0 Å². The van der Waals surface area contributed by atoms with Crippen molar-refractivity contribution in [2.75, 3.05) is 25.0 Å². The van der Waals surface area contributed by atoms with Crippen LogP contribution in [0.25, 0.3) is 0 Å². The summed E-state index contributed by atoms with van der Waals surface area (Å²) in [6, 6.07) is 7.19. The molecule has 0 radical (unpaired) electrons. The highest BCUT2D eigenvalue weighted by atomic mass is 35.5. The summed E-state index contributed by atoms with van der Waals surface area (Å²) in [6.45, 7) is 10.5. The molecule has 1 aromatic rings. The first-order chi connectivity index (χ1) is 8.53. The summed E-state index contributed by atoms with van der Waals surface area (Å²) >= 11 is 15.0. The molecule has 1 rings (SSSR count). The Morgan fingerprint density at radius 3 is 1.89 bits per heavy atom. The van der Waals surface area contributed by atoms with Crippen LogP contribution in [0.1, 0.15) is 20.8 Å².